The Morgan fingerprint density at radius 2 is 2.33 bits per heavy atom. The van der Waals surface area contributed by atoms with Crippen LogP contribution in [-0.2, 0) is 11.2 Å². The van der Waals surface area contributed by atoms with Crippen molar-refractivity contribution >= 4 is 0 Å². The third kappa shape index (κ3) is 2.29. The Morgan fingerprint density at radius 3 is 3.00 bits per heavy atom. The second kappa shape index (κ2) is 5.37. The molecule has 100 valence electrons. The molecule has 1 aromatic rings. The minimum atomic E-state index is -0.251. The van der Waals surface area contributed by atoms with Crippen LogP contribution in [0.25, 0.3) is 0 Å². The molecule has 1 aliphatic rings. The van der Waals surface area contributed by atoms with Crippen molar-refractivity contribution in [3.63, 3.8) is 0 Å². The van der Waals surface area contributed by atoms with Crippen LogP contribution in [0.4, 0.5) is 0 Å². The molecule has 2 N–H and O–H groups in total. The van der Waals surface area contributed by atoms with Crippen molar-refractivity contribution in [2.45, 2.75) is 57.6 Å². The van der Waals surface area contributed by atoms with Gasteiger partial charge < -0.3 is 10.5 Å². The first-order valence-electron chi connectivity index (χ1n) is 6.95. The van der Waals surface area contributed by atoms with Gasteiger partial charge in [-0.2, -0.15) is 0 Å². The number of pyridine rings is 1. The van der Waals surface area contributed by atoms with Gasteiger partial charge in [0.25, 0.3) is 0 Å². The van der Waals surface area contributed by atoms with Crippen molar-refractivity contribution in [1.82, 2.24) is 4.98 Å². The second-order valence-corrected chi connectivity index (χ2v) is 5.32. The van der Waals surface area contributed by atoms with Crippen molar-refractivity contribution in [3.05, 3.63) is 29.6 Å². The zero-order chi connectivity index (χ0) is 13.2. The molecule has 0 amide bonds. The molecular weight excluding hydrogens is 224 g/mol. The smallest absolute Gasteiger partial charge is 0.0808 e. The Morgan fingerprint density at radius 1 is 1.56 bits per heavy atom. The predicted molar refractivity (Wildman–Crippen MR) is 73.6 cm³/mol. The number of rotatable bonds is 5. The molecule has 1 aromatic heterocycles. The Hall–Kier alpha value is -0.930. The molecule has 3 nitrogen and oxygen atoms in total. The number of aryl methyl sites for hydroxylation is 1. The van der Waals surface area contributed by atoms with E-state index >= 15 is 0 Å². The summed E-state index contributed by atoms with van der Waals surface area (Å²) in [5.41, 5.74) is 8.79. The Bertz CT molecular complexity index is 407. The number of fused-ring (bicyclic) bond motifs is 1. The van der Waals surface area contributed by atoms with Gasteiger partial charge in [-0.3, -0.25) is 4.98 Å². The van der Waals surface area contributed by atoms with Crippen LogP contribution in [0.5, 0.6) is 0 Å². The summed E-state index contributed by atoms with van der Waals surface area (Å²) in [6.45, 7) is 7.01. The number of aromatic nitrogens is 1. The van der Waals surface area contributed by atoms with Crippen LogP contribution in [0.2, 0.25) is 0 Å². The van der Waals surface area contributed by atoms with Crippen LogP contribution >= 0.6 is 0 Å². The highest BCUT2D eigenvalue weighted by Crippen LogP contribution is 2.38. The van der Waals surface area contributed by atoms with E-state index in [1.807, 2.05) is 19.2 Å². The van der Waals surface area contributed by atoms with Gasteiger partial charge in [-0.15, -0.1) is 0 Å². The Labute approximate surface area is 110 Å². The molecule has 0 aromatic carbocycles. The molecule has 1 aliphatic carbocycles. The van der Waals surface area contributed by atoms with Gasteiger partial charge in [0.2, 0.25) is 0 Å². The molecule has 0 saturated carbocycles. The SMILES string of the molecule is CCOC(C)(CC)C(N)C1CCc2cccnc21. The van der Waals surface area contributed by atoms with E-state index in [1.54, 1.807) is 0 Å². The van der Waals surface area contributed by atoms with Gasteiger partial charge in [-0.25, -0.2) is 0 Å². The Kier molecular flexibility index (Phi) is 4.03. The molecule has 3 heteroatoms. The molecule has 0 spiro atoms. The van der Waals surface area contributed by atoms with Crippen molar-refractivity contribution in [2.24, 2.45) is 5.73 Å². The van der Waals surface area contributed by atoms with Gasteiger partial charge in [0.1, 0.15) is 0 Å². The quantitative estimate of drug-likeness (QED) is 0.871. The van der Waals surface area contributed by atoms with Gasteiger partial charge in [0.05, 0.1) is 5.60 Å². The van der Waals surface area contributed by atoms with E-state index in [0.29, 0.717) is 12.5 Å². The topological polar surface area (TPSA) is 48.1 Å². The molecule has 2 rings (SSSR count). The average molecular weight is 248 g/mol. The maximum absolute atomic E-state index is 6.50. The highest BCUT2D eigenvalue weighted by molar-refractivity contribution is 5.30. The summed E-state index contributed by atoms with van der Waals surface area (Å²) in [4.78, 5) is 4.53. The summed E-state index contributed by atoms with van der Waals surface area (Å²) >= 11 is 0. The maximum atomic E-state index is 6.50. The molecule has 0 aliphatic heterocycles. The maximum Gasteiger partial charge on any atom is 0.0808 e. The number of hydrogen-bond acceptors (Lipinski definition) is 3. The largest absolute Gasteiger partial charge is 0.374 e. The van der Waals surface area contributed by atoms with E-state index in [0.717, 1.165) is 19.3 Å². The minimum absolute atomic E-state index is 0.0126. The lowest BCUT2D eigenvalue weighted by Crippen LogP contribution is -2.50. The molecule has 0 saturated heterocycles. The average Bonchev–Trinajstić information content (AvgIpc) is 2.81. The standard InChI is InChI=1S/C15H24N2O/c1-4-15(3,18-5-2)14(16)12-9-8-11-7-6-10-17-13(11)12/h6-7,10,12,14H,4-5,8-9,16H2,1-3H3. The van der Waals surface area contributed by atoms with Crippen LogP contribution in [0.1, 0.15) is 50.8 Å². The third-order valence-corrected chi connectivity index (χ3v) is 4.32. The summed E-state index contributed by atoms with van der Waals surface area (Å²) in [6, 6.07) is 4.19. The molecule has 3 atom stereocenters. The van der Waals surface area contributed by atoms with Gasteiger partial charge in [0.15, 0.2) is 0 Å². The first-order valence-corrected chi connectivity index (χ1v) is 6.95. The highest BCUT2D eigenvalue weighted by Gasteiger charge is 2.40. The van der Waals surface area contributed by atoms with E-state index in [2.05, 4.69) is 24.9 Å². The fraction of sp³-hybridized carbons (Fsp3) is 0.667. The number of nitrogens with two attached hydrogens (primary N) is 1. The van der Waals surface area contributed by atoms with Crippen LogP contribution in [0.3, 0.4) is 0 Å². The van der Waals surface area contributed by atoms with Crippen molar-refractivity contribution in [3.8, 4) is 0 Å². The molecular formula is C15H24N2O. The highest BCUT2D eigenvalue weighted by atomic mass is 16.5. The summed E-state index contributed by atoms with van der Waals surface area (Å²) in [6.07, 6.45) is 4.98. The first-order chi connectivity index (χ1) is 8.62. The summed E-state index contributed by atoms with van der Waals surface area (Å²) in [5.74, 6) is 0.331. The zero-order valence-corrected chi connectivity index (χ0v) is 11.6. The van der Waals surface area contributed by atoms with Gasteiger partial charge in [-0.1, -0.05) is 13.0 Å². The number of hydrogen-bond donors (Lipinski definition) is 1. The van der Waals surface area contributed by atoms with Gasteiger partial charge >= 0.3 is 0 Å². The molecule has 0 fully saturated rings. The van der Waals surface area contributed by atoms with E-state index in [1.165, 1.54) is 11.3 Å². The van der Waals surface area contributed by atoms with Crippen LogP contribution in [0, 0.1) is 0 Å². The minimum Gasteiger partial charge on any atom is -0.374 e. The van der Waals surface area contributed by atoms with Crippen LogP contribution in [-0.4, -0.2) is 23.2 Å². The summed E-state index contributed by atoms with van der Waals surface area (Å²) in [5, 5.41) is 0. The normalized spacial score (nSPS) is 23.4. The molecule has 0 bridgehead atoms. The third-order valence-electron chi connectivity index (χ3n) is 4.32. The lowest BCUT2D eigenvalue weighted by atomic mass is 9.83. The van der Waals surface area contributed by atoms with E-state index in [4.69, 9.17) is 10.5 Å². The van der Waals surface area contributed by atoms with Crippen LogP contribution in [0.15, 0.2) is 18.3 Å². The number of nitrogens with zero attached hydrogens (tertiary/aromatic N) is 1. The van der Waals surface area contributed by atoms with E-state index in [-0.39, 0.29) is 11.6 Å². The fourth-order valence-electron chi connectivity index (χ4n) is 2.98. The van der Waals surface area contributed by atoms with Gasteiger partial charge in [-0.05, 0) is 44.7 Å². The Balaban J connectivity index is 2.22. The van der Waals surface area contributed by atoms with E-state index in [9.17, 15) is 0 Å². The monoisotopic (exact) mass is 248 g/mol. The lowest BCUT2D eigenvalue weighted by molar-refractivity contribution is -0.0522. The van der Waals surface area contributed by atoms with Crippen molar-refractivity contribution in [1.29, 1.82) is 0 Å². The summed E-state index contributed by atoms with van der Waals surface area (Å²) in [7, 11) is 0. The van der Waals surface area contributed by atoms with Crippen LogP contribution < -0.4 is 5.73 Å². The number of ether oxygens (including phenoxy) is 1. The predicted octanol–water partition coefficient (Wildman–Crippen LogP) is 2.64. The van der Waals surface area contributed by atoms with Gasteiger partial charge in [0, 0.05) is 30.5 Å². The summed E-state index contributed by atoms with van der Waals surface area (Å²) < 4.78 is 5.92. The first kappa shape index (κ1) is 13.5. The fourth-order valence-corrected chi connectivity index (χ4v) is 2.98. The second-order valence-electron chi connectivity index (χ2n) is 5.32. The van der Waals surface area contributed by atoms with E-state index < -0.39 is 0 Å². The molecule has 1 heterocycles. The van der Waals surface area contributed by atoms with Crippen molar-refractivity contribution < 1.29 is 4.74 Å². The zero-order valence-electron chi connectivity index (χ0n) is 11.6. The lowest BCUT2D eigenvalue weighted by Gasteiger charge is -2.37. The molecule has 0 radical (unpaired) electrons. The molecule has 3 unspecified atom stereocenters. The molecule has 18 heavy (non-hydrogen) atoms. The van der Waals surface area contributed by atoms with Crippen molar-refractivity contribution in [2.75, 3.05) is 6.61 Å².